The van der Waals surface area contributed by atoms with Crippen LogP contribution in [0.25, 0.3) is 0 Å². The van der Waals surface area contributed by atoms with Crippen LogP contribution in [-0.4, -0.2) is 30.4 Å². The summed E-state index contributed by atoms with van der Waals surface area (Å²) >= 11 is 0. The normalized spacial score (nSPS) is 16.3. The van der Waals surface area contributed by atoms with Gasteiger partial charge in [0, 0.05) is 40.9 Å². The van der Waals surface area contributed by atoms with Crippen LogP contribution in [-0.2, 0) is 31.1 Å². The molecule has 1 spiro atoms. The number of unbranched alkanes of at least 4 members (excludes halogenated alkanes) is 4. The highest BCUT2D eigenvalue weighted by atomic mass is 16.6. The van der Waals surface area contributed by atoms with Gasteiger partial charge in [-0.3, -0.25) is 14.4 Å². The lowest BCUT2D eigenvalue weighted by Gasteiger charge is -2.37. The molecule has 0 bridgehead atoms. The van der Waals surface area contributed by atoms with Gasteiger partial charge in [0.05, 0.1) is 22.8 Å². The molecule has 254 valence electrons. The molecule has 1 atom stereocenters. The summed E-state index contributed by atoms with van der Waals surface area (Å²) in [4.78, 5) is 52.5. The molecular weight excluding hydrogens is 610 g/mol. The maximum Gasteiger partial charge on any atom is 0.340 e. The van der Waals surface area contributed by atoms with Gasteiger partial charge in [0.1, 0.15) is 23.0 Å². The third-order valence-corrected chi connectivity index (χ3v) is 8.46. The van der Waals surface area contributed by atoms with Gasteiger partial charge in [-0.05, 0) is 72.2 Å². The molecule has 0 saturated heterocycles. The summed E-state index contributed by atoms with van der Waals surface area (Å²) in [7, 11) is 0. The van der Waals surface area contributed by atoms with Gasteiger partial charge in [-0.15, -0.1) is 0 Å². The highest BCUT2D eigenvalue weighted by Gasteiger charge is 2.54. The molecule has 0 saturated carbocycles. The quantitative estimate of drug-likeness (QED) is 0.134. The minimum absolute atomic E-state index is 0.0742. The number of rotatable bonds is 10. The molecular formula is C39H45NO8. The Hall–Kier alpha value is -4.66. The second-order valence-electron chi connectivity index (χ2n) is 14.6. The van der Waals surface area contributed by atoms with E-state index in [1.54, 1.807) is 84.0 Å². The van der Waals surface area contributed by atoms with E-state index >= 15 is 0 Å². The van der Waals surface area contributed by atoms with Gasteiger partial charge in [0.2, 0.25) is 5.91 Å². The van der Waals surface area contributed by atoms with E-state index in [9.17, 15) is 19.2 Å². The number of benzene rings is 3. The van der Waals surface area contributed by atoms with E-state index in [1.807, 2.05) is 12.1 Å². The van der Waals surface area contributed by atoms with Crippen LogP contribution in [0.4, 0.5) is 0 Å². The average molecular weight is 656 g/mol. The fourth-order valence-corrected chi connectivity index (χ4v) is 5.73. The molecule has 0 radical (unpaired) electrons. The SMILES string of the molecule is CCCCCCCNC(=O)Cc1cc2c(cc1OC(=O)C(C)(C)C)Oc1cc(OC(=O)C(C)(C)C)ccc1C21OC(=O)c2ccccc21. The van der Waals surface area contributed by atoms with Crippen molar-refractivity contribution < 1.29 is 38.1 Å². The largest absolute Gasteiger partial charge is 0.456 e. The fourth-order valence-electron chi connectivity index (χ4n) is 5.73. The lowest BCUT2D eigenvalue weighted by Crippen LogP contribution is -2.34. The molecule has 0 aromatic heterocycles. The molecule has 9 heteroatoms. The zero-order valence-corrected chi connectivity index (χ0v) is 28.9. The highest BCUT2D eigenvalue weighted by Crippen LogP contribution is 2.57. The van der Waals surface area contributed by atoms with Crippen molar-refractivity contribution in [3.8, 4) is 23.0 Å². The third kappa shape index (κ3) is 6.96. The number of carbonyl (C=O) groups is 4. The Kier molecular flexibility index (Phi) is 9.72. The van der Waals surface area contributed by atoms with Gasteiger partial charge in [-0.25, -0.2) is 4.79 Å². The topological polar surface area (TPSA) is 117 Å². The monoisotopic (exact) mass is 655 g/mol. The molecule has 2 aliphatic rings. The zero-order valence-electron chi connectivity index (χ0n) is 28.9. The second-order valence-corrected chi connectivity index (χ2v) is 14.6. The maximum atomic E-state index is 13.4. The summed E-state index contributed by atoms with van der Waals surface area (Å²) in [6.45, 7) is 13.2. The van der Waals surface area contributed by atoms with Crippen molar-refractivity contribution in [1.29, 1.82) is 0 Å². The smallest absolute Gasteiger partial charge is 0.340 e. The minimum atomic E-state index is -1.44. The van der Waals surface area contributed by atoms with Gasteiger partial charge in [0.25, 0.3) is 0 Å². The fraction of sp³-hybridized carbons (Fsp3) is 0.436. The predicted molar refractivity (Wildman–Crippen MR) is 180 cm³/mol. The van der Waals surface area contributed by atoms with Crippen LogP contribution in [0.2, 0.25) is 0 Å². The molecule has 2 heterocycles. The molecule has 9 nitrogen and oxygen atoms in total. The number of esters is 3. The Bertz CT molecular complexity index is 1750. The first-order chi connectivity index (χ1) is 22.6. The highest BCUT2D eigenvalue weighted by molar-refractivity contribution is 5.97. The van der Waals surface area contributed by atoms with Gasteiger partial charge in [0.15, 0.2) is 5.60 Å². The summed E-state index contributed by atoms with van der Waals surface area (Å²) in [5.41, 5.74) is -0.580. The predicted octanol–water partition coefficient (Wildman–Crippen LogP) is 7.79. The van der Waals surface area contributed by atoms with Crippen LogP contribution < -0.4 is 19.5 Å². The molecule has 0 fully saturated rings. The third-order valence-electron chi connectivity index (χ3n) is 8.46. The van der Waals surface area contributed by atoms with Crippen LogP contribution in [0.15, 0.2) is 54.6 Å². The number of nitrogens with one attached hydrogen (secondary N) is 1. The van der Waals surface area contributed by atoms with E-state index in [1.165, 1.54) is 0 Å². The van der Waals surface area contributed by atoms with Gasteiger partial charge in [-0.2, -0.15) is 0 Å². The van der Waals surface area contributed by atoms with E-state index in [-0.39, 0.29) is 29.6 Å². The number of carbonyl (C=O) groups excluding carboxylic acids is 4. The number of fused-ring (bicyclic) bond motifs is 6. The van der Waals surface area contributed by atoms with E-state index in [2.05, 4.69) is 12.2 Å². The summed E-state index contributed by atoms with van der Waals surface area (Å²) in [6.07, 6.45) is 5.25. The molecule has 5 rings (SSSR count). The van der Waals surface area contributed by atoms with Crippen molar-refractivity contribution >= 4 is 23.8 Å². The number of ether oxygens (including phenoxy) is 4. The molecule has 48 heavy (non-hydrogen) atoms. The molecule has 1 N–H and O–H groups in total. The van der Waals surface area contributed by atoms with Gasteiger partial charge < -0.3 is 24.3 Å². The van der Waals surface area contributed by atoms with Crippen LogP contribution >= 0.6 is 0 Å². The summed E-state index contributed by atoms with van der Waals surface area (Å²) in [5, 5.41) is 2.99. The molecule has 0 aliphatic carbocycles. The average Bonchev–Trinajstić information content (AvgIpc) is 3.31. The number of hydrogen-bond donors (Lipinski definition) is 1. The van der Waals surface area contributed by atoms with E-state index in [0.29, 0.717) is 40.1 Å². The zero-order chi connectivity index (χ0) is 34.9. The summed E-state index contributed by atoms with van der Waals surface area (Å²) in [6, 6.07) is 15.4. The molecule has 2 aliphatic heterocycles. The molecule has 3 aromatic carbocycles. The van der Waals surface area contributed by atoms with Crippen molar-refractivity contribution in [2.24, 2.45) is 10.8 Å². The van der Waals surface area contributed by atoms with Crippen LogP contribution in [0.3, 0.4) is 0 Å². The Morgan fingerprint density at radius 2 is 1.44 bits per heavy atom. The van der Waals surface area contributed by atoms with Crippen molar-refractivity contribution in [3.63, 3.8) is 0 Å². The standard InChI is InChI=1S/C39H45NO8/c1-8-9-10-11-14-19-40-33(41)21-24-20-29-32(23-30(24)47-36(44)38(5,6)7)46-31-22-25(45-35(43)37(2,3)4)17-18-28(31)39(29)27-16-13-12-15-26(27)34(42)48-39/h12-13,15-18,20,22-23H,8-11,14,19,21H2,1-7H3,(H,40,41). The number of amides is 1. The van der Waals surface area contributed by atoms with Crippen LogP contribution in [0, 0.1) is 10.8 Å². The van der Waals surface area contributed by atoms with E-state index in [0.717, 1.165) is 32.1 Å². The van der Waals surface area contributed by atoms with Crippen LogP contribution in [0.1, 0.15) is 113 Å². The van der Waals surface area contributed by atoms with E-state index < -0.39 is 34.3 Å². The first-order valence-corrected chi connectivity index (χ1v) is 16.7. The molecule has 1 unspecified atom stereocenters. The lowest BCUT2D eigenvalue weighted by atomic mass is 9.77. The lowest BCUT2D eigenvalue weighted by molar-refractivity contribution is -0.143. The van der Waals surface area contributed by atoms with Gasteiger partial charge >= 0.3 is 17.9 Å². The first kappa shape index (κ1) is 34.7. The Morgan fingerprint density at radius 1 is 0.771 bits per heavy atom. The van der Waals surface area contributed by atoms with Crippen molar-refractivity contribution in [1.82, 2.24) is 5.32 Å². The van der Waals surface area contributed by atoms with Crippen LogP contribution in [0.5, 0.6) is 23.0 Å². The number of hydrogen-bond acceptors (Lipinski definition) is 8. The molecule has 3 aromatic rings. The Balaban J connectivity index is 1.61. The first-order valence-electron chi connectivity index (χ1n) is 16.7. The van der Waals surface area contributed by atoms with Crippen molar-refractivity contribution in [3.05, 3.63) is 82.4 Å². The summed E-state index contributed by atoms with van der Waals surface area (Å²) in [5.74, 6) is -0.662. The molecule has 1 amide bonds. The minimum Gasteiger partial charge on any atom is -0.456 e. The van der Waals surface area contributed by atoms with Crippen molar-refractivity contribution in [2.45, 2.75) is 92.6 Å². The Morgan fingerprint density at radius 3 is 2.15 bits per heavy atom. The van der Waals surface area contributed by atoms with Gasteiger partial charge in [-0.1, -0.05) is 50.8 Å². The van der Waals surface area contributed by atoms with Crippen molar-refractivity contribution in [2.75, 3.05) is 6.54 Å². The second kappa shape index (κ2) is 13.5. The van der Waals surface area contributed by atoms with E-state index in [4.69, 9.17) is 18.9 Å². The Labute approximate surface area is 282 Å². The summed E-state index contributed by atoms with van der Waals surface area (Å²) < 4.78 is 24.3. The maximum absolute atomic E-state index is 13.4.